The summed E-state index contributed by atoms with van der Waals surface area (Å²) >= 11 is 0. The Kier molecular flexibility index (Phi) is 4.86. The van der Waals surface area contributed by atoms with E-state index in [0.29, 0.717) is 13.0 Å². The molecule has 0 spiro atoms. The number of carbonyl (C=O) groups is 1. The Morgan fingerprint density at radius 3 is 2.56 bits per heavy atom. The van der Waals surface area contributed by atoms with Gasteiger partial charge in [-0.25, -0.2) is 0 Å². The highest BCUT2D eigenvalue weighted by atomic mass is 16.1. The largest absolute Gasteiger partial charge is 0.326 e. The van der Waals surface area contributed by atoms with Crippen molar-refractivity contribution in [2.24, 2.45) is 10.7 Å². The molecule has 1 rings (SSSR count). The highest BCUT2D eigenvalue weighted by molar-refractivity contribution is 6.08. The van der Waals surface area contributed by atoms with Gasteiger partial charge in [-0.05, 0) is 13.8 Å². The Morgan fingerprint density at radius 1 is 1.38 bits per heavy atom. The van der Waals surface area contributed by atoms with Gasteiger partial charge < -0.3 is 5.73 Å². The van der Waals surface area contributed by atoms with Crippen LogP contribution in [0.15, 0.2) is 35.3 Å². The molecule has 0 fully saturated rings. The molecular weight excluding hydrogens is 200 g/mol. The molecule has 1 aromatic rings. The van der Waals surface area contributed by atoms with Gasteiger partial charge in [-0.15, -0.1) is 0 Å². The molecule has 2 N–H and O–H groups in total. The lowest BCUT2D eigenvalue weighted by Crippen LogP contribution is -2.19. The van der Waals surface area contributed by atoms with Crippen LogP contribution in [-0.2, 0) is 0 Å². The number of nitrogens with two attached hydrogens (primary N) is 1. The number of hydrogen-bond acceptors (Lipinski definition) is 3. The van der Waals surface area contributed by atoms with Crippen LogP contribution >= 0.6 is 0 Å². The third-order valence-electron chi connectivity index (χ3n) is 2.16. The zero-order valence-corrected chi connectivity index (χ0v) is 9.81. The van der Waals surface area contributed by atoms with E-state index in [4.69, 9.17) is 5.73 Å². The summed E-state index contributed by atoms with van der Waals surface area (Å²) in [6, 6.07) is 9.31. The molecule has 0 heterocycles. The van der Waals surface area contributed by atoms with E-state index >= 15 is 0 Å². The third kappa shape index (κ3) is 4.36. The van der Waals surface area contributed by atoms with Gasteiger partial charge in [0.05, 0.1) is 6.54 Å². The third-order valence-corrected chi connectivity index (χ3v) is 2.16. The molecule has 1 unspecified atom stereocenters. The van der Waals surface area contributed by atoms with E-state index in [1.807, 2.05) is 44.2 Å². The molecule has 1 atom stereocenters. The normalized spacial score (nSPS) is 13.6. The molecule has 0 aliphatic rings. The summed E-state index contributed by atoms with van der Waals surface area (Å²) in [5, 5.41) is 0. The quantitative estimate of drug-likeness (QED) is 0.607. The summed E-state index contributed by atoms with van der Waals surface area (Å²) in [5.41, 5.74) is 7.16. The topological polar surface area (TPSA) is 55.5 Å². The molecule has 0 radical (unpaired) electrons. The number of ketones is 1. The number of rotatable bonds is 5. The van der Waals surface area contributed by atoms with Crippen LogP contribution in [-0.4, -0.2) is 24.1 Å². The summed E-state index contributed by atoms with van der Waals surface area (Å²) in [5.74, 6) is 0.103. The molecule has 1 aromatic carbocycles. The Hall–Kier alpha value is -1.48. The molecule has 0 saturated heterocycles. The van der Waals surface area contributed by atoms with Crippen LogP contribution in [0.4, 0.5) is 0 Å². The van der Waals surface area contributed by atoms with Gasteiger partial charge in [-0.2, -0.15) is 0 Å². The van der Waals surface area contributed by atoms with E-state index in [2.05, 4.69) is 4.99 Å². The summed E-state index contributed by atoms with van der Waals surface area (Å²) in [4.78, 5) is 16.0. The lowest BCUT2D eigenvalue weighted by molar-refractivity contribution is 0.100. The molecule has 0 amide bonds. The maximum Gasteiger partial charge on any atom is 0.168 e. The van der Waals surface area contributed by atoms with Gasteiger partial charge in [-0.1, -0.05) is 30.3 Å². The second-order valence-electron chi connectivity index (χ2n) is 4.02. The van der Waals surface area contributed by atoms with Crippen molar-refractivity contribution in [3.8, 4) is 0 Å². The van der Waals surface area contributed by atoms with Crippen molar-refractivity contribution >= 4 is 11.5 Å². The van der Waals surface area contributed by atoms with Crippen molar-refractivity contribution in [2.75, 3.05) is 6.54 Å². The van der Waals surface area contributed by atoms with Gasteiger partial charge in [0.1, 0.15) is 0 Å². The Bertz CT molecular complexity index is 369. The molecule has 86 valence electrons. The van der Waals surface area contributed by atoms with Crippen molar-refractivity contribution < 1.29 is 4.79 Å². The lowest BCUT2D eigenvalue weighted by atomic mass is 10.1. The van der Waals surface area contributed by atoms with E-state index in [9.17, 15) is 4.79 Å². The SMILES string of the molecule is CC(CC(=O)c1ccccc1)=NCC(C)N. The molecular formula is C13H18N2O. The van der Waals surface area contributed by atoms with Gasteiger partial charge in [0.15, 0.2) is 5.78 Å². The van der Waals surface area contributed by atoms with Gasteiger partial charge in [-0.3, -0.25) is 9.79 Å². The van der Waals surface area contributed by atoms with Crippen LogP contribution in [0.25, 0.3) is 0 Å². The average molecular weight is 218 g/mol. The summed E-state index contributed by atoms with van der Waals surface area (Å²) < 4.78 is 0. The predicted octanol–water partition coefficient (Wildman–Crippen LogP) is 2.07. The highest BCUT2D eigenvalue weighted by Crippen LogP contribution is 2.04. The number of nitrogens with zero attached hydrogens (tertiary/aromatic N) is 1. The zero-order chi connectivity index (χ0) is 12.0. The summed E-state index contributed by atoms with van der Waals surface area (Å²) in [6.45, 7) is 4.34. The van der Waals surface area contributed by atoms with Crippen molar-refractivity contribution in [2.45, 2.75) is 26.3 Å². The van der Waals surface area contributed by atoms with E-state index in [1.54, 1.807) is 0 Å². The zero-order valence-electron chi connectivity index (χ0n) is 9.81. The van der Waals surface area contributed by atoms with E-state index in [1.165, 1.54) is 0 Å². The first-order valence-corrected chi connectivity index (χ1v) is 5.43. The van der Waals surface area contributed by atoms with E-state index < -0.39 is 0 Å². The van der Waals surface area contributed by atoms with Gasteiger partial charge in [0, 0.05) is 23.7 Å². The molecule has 3 nitrogen and oxygen atoms in total. The van der Waals surface area contributed by atoms with E-state index in [0.717, 1.165) is 11.3 Å². The molecule has 16 heavy (non-hydrogen) atoms. The number of Topliss-reactive ketones (excluding diaryl/α,β-unsaturated/α-hetero) is 1. The van der Waals surface area contributed by atoms with Crippen molar-refractivity contribution in [3.05, 3.63) is 35.9 Å². The maximum absolute atomic E-state index is 11.8. The first-order chi connectivity index (χ1) is 7.59. The van der Waals surface area contributed by atoms with Crippen LogP contribution in [0.3, 0.4) is 0 Å². The smallest absolute Gasteiger partial charge is 0.168 e. The number of benzene rings is 1. The van der Waals surface area contributed by atoms with Gasteiger partial charge in [0.2, 0.25) is 0 Å². The summed E-state index contributed by atoms with van der Waals surface area (Å²) in [7, 11) is 0. The van der Waals surface area contributed by atoms with Gasteiger partial charge >= 0.3 is 0 Å². The number of aliphatic imine (C=N–C) groups is 1. The van der Waals surface area contributed by atoms with Crippen molar-refractivity contribution in [1.82, 2.24) is 0 Å². The molecule has 0 aliphatic heterocycles. The second kappa shape index (κ2) is 6.18. The van der Waals surface area contributed by atoms with Crippen LogP contribution in [0, 0.1) is 0 Å². The minimum Gasteiger partial charge on any atom is -0.326 e. The Balaban J connectivity index is 2.55. The van der Waals surface area contributed by atoms with Crippen molar-refractivity contribution in [1.29, 1.82) is 0 Å². The Morgan fingerprint density at radius 2 is 2.00 bits per heavy atom. The first kappa shape index (κ1) is 12.6. The van der Waals surface area contributed by atoms with Crippen LogP contribution in [0.2, 0.25) is 0 Å². The van der Waals surface area contributed by atoms with E-state index in [-0.39, 0.29) is 11.8 Å². The molecule has 3 heteroatoms. The standard InChI is InChI=1S/C13H18N2O/c1-10(14)9-15-11(2)8-13(16)12-6-4-3-5-7-12/h3-7,10H,8-9,14H2,1-2H3. The minimum absolute atomic E-state index is 0.0433. The fraction of sp³-hybridized carbons (Fsp3) is 0.385. The monoisotopic (exact) mass is 218 g/mol. The number of carbonyl (C=O) groups excluding carboxylic acids is 1. The second-order valence-corrected chi connectivity index (χ2v) is 4.02. The highest BCUT2D eigenvalue weighted by Gasteiger charge is 2.06. The first-order valence-electron chi connectivity index (χ1n) is 5.43. The maximum atomic E-state index is 11.8. The van der Waals surface area contributed by atoms with Crippen LogP contribution in [0.5, 0.6) is 0 Å². The Labute approximate surface area is 96.4 Å². The van der Waals surface area contributed by atoms with Gasteiger partial charge in [0.25, 0.3) is 0 Å². The molecule has 0 aromatic heterocycles. The molecule has 0 bridgehead atoms. The van der Waals surface area contributed by atoms with Crippen molar-refractivity contribution in [3.63, 3.8) is 0 Å². The fourth-order valence-corrected chi connectivity index (χ4v) is 1.31. The molecule has 0 saturated carbocycles. The number of hydrogen-bond donors (Lipinski definition) is 1. The molecule has 0 aliphatic carbocycles. The van der Waals surface area contributed by atoms with Crippen LogP contribution in [0.1, 0.15) is 30.6 Å². The fourth-order valence-electron chi connectivity index (χ4n) is 1.31. The average Bonchev–Trinajstić information content (AvgIpc) is 2.27. The predicted molar refractivity (Wildman–Crippen MR) is 67.0 cm³/mol. The van der Waals surface area contributed by atoms with Crippen LogP contribution < -0.4 is 5.73 Å². The lowest BCUT2D eigenvalue weighted by Gasteiger charge is -2.03. The minimum atomic E-state index is 0.0433. The summed E-state index contributed by atoms with van der Waals surface area (Å²) in [6.07, 6.45) is 0.372.